The van der Waals surface area contributed by atoms with Crippen LogP contribution in [0.3, 0.4) is 0 Å². The Morgan fingerprint density at radius 2 is 2.00 bits per heavy atom. The Kier molecular flexibility index (Phi) is 3.83. The summed E-state index contributed by atoms with van der Waals surface area (Å²) in [6.07, 6.45) is -0.446. The summed E-state index contributed by atoms with van der Waals surface area (Å²) in [4.78, 5) is 26.8. The largest absolute Gasteiger partial charge is 0.497 e. The molecule has 26 heavy (non-hydrogen) atoms. The van der Waals surface area contributed by atoms with Gasteiger partial charge in [0.2, 0.25) is 5.91 Å². The molecule has 2 aliphatic rings. The number of ether oxygens (including phenoxy) is 2. The molecule has 1 saturated heterocycles. The number of rotatable bonds is 3. The fourth-order valence-electron chi connectivity index (χ4n) is 3.91. The predicted molar refractivity (Wildman–Crippen MR) is 95.1 cm³/mol. The van der Waals surface area contributed by atoms with Crippen molar-refractivity contribution in [1.29, 1.82) is 0 Å². The quantitative estimate of drug-likeness (QED) is 0.917. The van der Waals surface area contributed by atoms with E-state index in [-0.39, 0.29) is 18.5 Å². The van der Waals surface area contributed by atoms with E-state index in [9.17, 15) is 9.59 Å². The van der Waals surface area contributed by atoms with Crippen molar-refractivity contribution in [1.82, 2.24) is 4.90 Å². The first kappa shape index (κ1) is 16.4. The van der Waals surface area contributed by atoms with Crippen molar-refractivity contribution in [2.45, 2.75) is 19.1 Å². The number of likely N-dealkylation sites (tertiary alicyclic amines) is 1. The molecule has 0 radical (unpaired) electrons. The van der Waals surface area contributed by atoms with Crippen LogP contribution in [0.5, 0.6) is 11.5 Å². The number of primary amides is 1. The number of aryl methyl sites for hydroxylation is 1. The van der Waals surface area contributed by atoms with Crippen molar-refractivity contribution < 1.29 is 19.1 Å². The summed E-state index contributed by atoms with van der Waals surface area (Å²) >= 11 is 0. The minimum Gasteiger partial charge on any atom is -0.497 e. The number of fused-ring (bicyclic) bond motifs is 3. The lowest BCUT2D eigenvalue weighted by molar-refractivity contribution is -0.123. The number of hydrogen-bond acceptors (Lipinski definition) is 4. The molecule has 6 nitrogen and oxygen atoms in total. The van der Waals surface area contributed by atoms with Crippen molar-refractivity contribution in [2.75, 3.05) is 13.7 Å². The van der Waals surface area contributed by atoms with Gasteiger partial charge in [0.05, 0.1) is 19.1 Å². The third-order valence-electron chi connectivity index (χ3n) is 5.19. The average molecular weight is 352 g/mol. The molecule has 2 amide bonds. The zero-order valence-electron chi connectivity index (χ0n) is 14.6. The maximum absolute atomic E-state index is 13.2. The van der Waals surface area contributed by atoms with Gasteiger partial charge in [0, 0.05) is 17.7 Å². The van der Waals surface area contributed by atoms with Crippen molar-refractivity contribution in [3.8, 4) is 11.5 Å². The van der Waals surface area contributed by atoms with Gasteiger partial charge in [-0.1, -0.05) is 24.3 Å². The molecule has 0 saturated carbocycles. The molecule has 2 heterocycles. The lowest BCUT2D eigenvalue weighted by atomic mass is 9.97. The van der Waals surface area contributed by atoms with E-state index >= 15 is 0 Å². The maximum atomic E-state index is 13.2. The van der Waals surface area contributed by atoms with Crippen molar-refractivity contribution in [2.24, 2.45) is 11.7 Å². The van der Waals surface area contributed by atoms with Crippen LogP contribution >= 0.6 is 0 Å². The van der Waals surface area contributed by atoms with Gasteiger partial charge in [-0.25, -0.2) is 0 Å². The fraction of sp³-hybridized carbons (Fsp3) is 0.300. The van der Waals surface area contributed by atoms with E-state index in [1.54, 1.807) is 36.3 Å². The van der Waals surface area contributed by atoms with Crippen LogP contribution in [0.25, 0.3) is 0 Å². The summed E-state index contributed by atoms with van der Waals surface area (Å²) in [7, 11) is 1.56. The number of benzene rings is 2. The molecule has 0 aliphatic carbocycles. The lowest BCUT2D eigenvalue weighted by Gasteiger charge is -2.23. The Bertz CT molecular complexity index is 895. The highest BCUT2D eigenvalue weighted by molar-refractivity contribution is 5.96. The van der Waals surface area contributed by atoms with E-state index in [1.807, 2.05) is 25.1 Å². The summed E-state index contributed by atoms with van der Waals surface area (Å²) in [6, 6.07) is 12.5. The Balaban J connectivity index is 1.75. The van der Waals surface area contributed by atoms with Crippen molar-refractivity contribution in [3.63, 3.8) is 0 Å². The first-order chi connectivity index (χ1) is 12.5. The molecule has 1 fully saturated rings. The molecule has 0 aromatic heterocycles. The lowest BCUT2D eigenvalue weighted by Crippen LogP contribution is -2.34. The standard InChI is InChI=1S/C20H20N2O4/c1-11-5-3-8-14-16-18(26-17(11)14)15(19(21)23)10-22(16)20(24)12-6-4-7-13(9-12)25-2/h3-9,15-16,18H,10H2,1-2H3,(H2,21,23)/t15-,16+,18+/m1/s1. The molecule has 134 valence electrons. The van der Waals surface area contributed by atoms with E-state index in [1.165, 1.54) is 0 Å². The molecular formula is C20H20N2O4. The first-order valence-electron chi connectivity index (χ1n) is 8.51. The zero-order valence-corrected chi connectivity index (χ0v) is 14.6. The van der Waals surface area contributed by atoms with Gasteiger partial charge >= 0.3 is 0 Å². The minimum atomic E-state index is -0.540. The number of para-hydroxylation sites is 1. The van der Waals surface area contributed by atoms with Gasteiger partial charge in [0.15, 0.2) is 0 Å². The molecule has 2 aromatic carbocycles. The van der Waals surface area contributed by atoms with E-state index in [0.717, 1.165) is 16.9 Å². The van der Waals surface area contributed by atoms with Gasteiger partial charge in [-0.15, -0.1) is 0 Å². The Morgan fingerprint density at radius 1 is 1.23 bits per heavy atom. The van der Waals surface area contributed by atoms with Crippen LogP contribution in [-0.4, -0.2) is 36.5 Å². The molecule has 2 N–H and O–H groups in total. The number of nitrogens with zero attached hydrogens (tertiary/aromatic N) is 1. The third-order valence-corrected chi connectivity index (χ3v) is 5.19. The highest BCUT2D eigenvalue weighted by atomic mass is 16.5. The molecule has 3 atom stereocenters. The third kappa shape index (κ3) is 2.41. The number of amides is 2. The molecule has 0 unspecified atom stereocenters. The zero-order chi connectivity index (χ0) is 18.4. The van der Waals surface area contributed by atoms with Crippen LogP contribution in [-0.2, 0) is 4.79 Å². The molecular weight excluding hydrogens is 332 g/mol. The van der Waals surface area contributed by atoms with E-state index in [2.05, 4.69) is 0 Å². The van der Waals surface area contributed by atoms with Crippen LogP contribution in [0.2, 0.25) is 0 Å². The van der Waals surface area contributed by atoms with Gasteiger partial charge in [0.1, 0.15) is 17.6 Å². The summed E-state index contributed by atoms with van der Waals surface area (Å²) in [5, 5.41) is 0. The molecule has 4 rings (SSSR count). The van der Waals surface area contributed by atoms with Crippen LogP contribution in [0.1, 0.15) is 27.5 Å². The van der Waals surface area contributed by atoms with E-state index in [4.69, 9.17) is 15.2 Å². The predicted octanol–water partition coefficient (Wildman–Crippen LogP) is 2.06. The highest BCUT2D eigenvalue weighted by Gasteiger charge is 2.53. The van der Waals surface area contributed by atoms with Crippen LogP contribution < -0.4 is 15.2 Å². The topological polar surface area (TPSA) is 81.9 Å². The second kappa shape index (κ2) is 6.05. The van der Waals surface area contributed by atoms with Gasteiger partial charge in [-0.2, -0.15) is 0 Å². The number of nitrogens with two attached hydrogens (primary N) is 1. The average Bonchev–Trinajstić information content (AvgIpc) is 3.19. The first-order valence-corrected chi connectivity index (χ1v) is 8.51. The van der Waals surface area contributed by atoms with Crippen molar-refractivity contribution in [3.05, 3.63) is 59.2 Å². The molecule has 0 spiro atoms. The second-order valence-electron chi connectivity index (χ2n) is 6.72. The Labute approximate surface area is 151 Å². The highest BCUT2D eigenvalue weighted by Crippen LogP contribution is 2.49. The normalized spacial score (nSPS) is 23.2. The number of hydrogen-bond donors (Lipinski definition) is 1. The van der Waals surface area contributed by atoms with Crippen LogP contribution in [0, 0.1) is 12.8 Å². The van der Waals surface area contributed by atoms with Crippen LogP contribution in [0.15, 0.2) is 42.5 Å². The van der Waals surface area contributed by atoms with Gasteiger partial charge < -0.3 is 20.1 Å². The van der Waals surface area contributed by atoms with Crippen molar-refractivity contribution >= 4 is 11.8 Å². The minimum absolute atomic E-state index is 0.166. The molecule has 0 bridgehead atoms. The number of carbonyl (C=O) groups is 2. The van der Waals surface area contributed by atoms with E-state index < -0.39 is 17.9 Å². The SMILES string of the molecule is COc1cccc(C(=O)N2C[C@@H](C(N)=O)[C@@H]3Oc4c(C)cccc4[C@@H]32)c1. The fourth-order valence-corrected chi connectivity index (χ4v) is 3.91. The molecule has 6 heteroatoms. The summed E-state index contributed by atoms with van der Waals surface area (Å²) < 4.78 is 11.3. The van der Waals surface area contributed by atoms with Gasteiger partial charge in [-0.3, -0.25) is 9.59 Å². The maximum Gasteiger partial charge on any atom is 0.254 e. The smallest absolute Gasteiger partial charge is 0.254 e. The second-order valence-corrected chi connectivity index (χ2v) is 6.72. The van der Waals surface area contributed by atoms with Crippen LogP contribution in [0.4, 0.5) is 0 Å². The monoisotopic (exact) mass is 352 g/mol. The summed E-state index contributed by atoms with van der Waals surface area (Å²) in [5.41, 5.74) is 8.01. The summed E-state index contributed by atoms with van der Waals surface area (Å²) in [5.74, 6) is 0.197. The van der Waals surface area contributed by atoms with Gasteiger partial charge in [0.25, 0.3) is 5.91 Å². The molecule has 2 aromatic rings. The summed E-state index contributed by atoms with van der Waals surface area (Å²) in [6.45, 7) is 2.20. The Hall–Kier alpha value is -3.02. The van der Waals surface area contributed by atoms with E-state index in [0.29, 0.717) is 11.3 Å². The number of methoxy groups -OCH3 is 1. The number of carbonyl (C=O) groups excluding carboxylic acids is 2. The Morgan fingerprint density at radius 3 is 2.73 bits per heavy atom. The molecule has 2 aliphatic heterocycles. The van der Waals surface area contributed by atoms with Gasteiger partial charge in [-0.05, 0) is 30.7 Å².